The van der Waals surface area contributed by atoms with Gasteiger partial charge in [-0.3, -0.25) is 0 Å². The van der Waals surface area contributed by atoms with Crippen LogP contribution in [0.15, 0.2) is 23.1 Å². The predicted molar refractivity (Wildman–Crippen MR) is 79.9 cm³/mol. The zero-order valence-corrected chi connectivity index (χ0v) is 13.0. The number of sulfone groups is 1. The number of rotatable bonds is 4. The minimum atomic E-state index is -3.05. The summed E-state index contributed by atoms with van der Waals surface area (Å²) < 4.78 is 23.2. The van der Waals surface area contributed by atoms with Gasteiger partial charge in [-0.2, -0.15) is 0 Å². The molecule has 102 valence electrons. The monoisotopic (exact) mass is 287 g/mol. The molecule has 0 heterocycles. The Morgan fingerprint density at radius 3 is 2.44 bits per heavy atom. The van der Waals surface area contributed by atoms with Gasteiger partial charge < -0.3 is 5.73 Å². The Kier molecular flexibility index (Phi) is 4.72. The lowest BCUT2D eigenvalue weighted by molar-refractivity contribution is 0.562. The fourth-order valence-electron chi connectivity index (χ4n) is 1.33. The maximum absolute atomic E-state index is 11.9. The van der Waals surface area contributed by atoms with E-state index in [0.717, 1.165) is 10.5 Å². The first-order valence-electron chi connectivity index (χ1n) is 5.85. The van der Waals surface area contributed by atoms with Crippen LogP contribution in [-0.4, -0.2) is 24.7 Å². The van der Waals surface area contributed by atoms with E-state index in [-0.39, 0.29) is 5.75 Å². The highest BCUT2D eigenvalue weighted by atomic mass is 32.2. The smallest absolute Gasteiger partial charge is 0.156 e. The molecule has 0 aliphatic carbocycles. The Morgan fingerprint density at radius 1 is 1.28 bits per heavy atom. The molecule has 0 fully saturated rings. The van der Waals surface area contributed by atoms with Gasteiger partial charge in [-0.25, -0.2) is 8.42 Å². The third-order valence-corrected chi connectivity index (χ3v) is 6.65. The maximum atomic E-state index is 11.9. The molecule has 0 spiro atoms. The molecule has 1 rings (SSSR count). The number of hydrogen-bond donors (Lipinski definition) is 1. The summed E-state index contributed by atoms with van der Waals surface area (Å²) in [4.78, 5) is 0.958. The Balaban J connectivity index is 2.65. The lowest BCUT2D eigenvalue weighted by atomic mass is 10.2. The van der Waals surface area contributed by atoms with Crippen LogP contribution >= 0.6 is 11.8 Å². The van der Waals surface area contributed by atoms with Gasteiger partial charge in [0.15, 0.2) is 9.84 Å². The van der Waals surface area contributed by atoms with Gasteiger partial charge in [0.1, 0.15) is 0 Å². The topological polar surface area (TPSA) is 60.2 Å². The second-order valence-electron chi connectivity index (χ2n) is 5.32. The molecule has 1 aromatic carbocycles. The molecule has 0 aliphatic heterocycles. The van der Waals surface area contributed by atoms with Crippen LogP contribution < -0.4 is 5.73 Å². The first-order valence-corrected chi connectivity index (χ1v) is 8.48. The molecular weight excluding hydrogens is 266 g/mol. The lowest BCUT2D eigenvalue weighted by Crippen LogP contribution is -2.31. The minimum Gasteiger partial charge on any atom is -0.398 e. The van der Waals surface area contributed by atoms with E-state index in [4.69, 9.17) is 5.73 Å². The maximum Gasteiger partial charge on any atom is 0.156 e. The molecular formula is C13H21NO2S2. The summed E-state index contributed by atoms with van der Waals surface area (Å²) in [5, 5.41) is 0. The van der Waals surface area contributed by atoms with E-state index in [0.29, 0.717) is 11.4 Å². The SMILES string of the molecule is Cc1ccc(N)c(SCCS(=O)(=O)C(C)(C)C)c1. The number of aryl methyl sites for hydroxylation is 1. The molecule has 0 amide bonds. The van der Waals surface area contributed by atoms with Crippen LogP contribution in [0.3, 0.4) is 0 Å². The van der Waals surface area contributed by atoms with E-state index in [1.807, 2.05) is 25.1 Å². The highest BCUT2D eigenvalue weighted by molar-refractivity contribution is 8.01. The van der Waals surface area contributed by atoms with Crippen molar-refractivity contribution in [2.24, 2.45) is 0 Å². The van der Waals surface area contributed by atoms with Gasteiger partial charge in [-0.15, -0.1) is 11.8 Å². The number of anilines is 1. The van der Waals surface area contributed by atoms with Gasteiger partial charge in [-0.05, 0) is 45.4 Å². The van der Waals surface area contributed by atoms with Crippen molar-refractivity contribution in [3.05, 3.63) is 23.8 Å². The molecule has 5 heteroatoms. The first kappa shape index (κ1) is 15.4. The molecule has 0 aliphatic rings. The third-order valence-electron chi connectivity index (χ3n) is 2.71. The number of thioether (sulfide) groups is 1. The van der Waals surface area contributed by atoms with Crippen molar-refractivity contribution in [2.75, 3.05) is 17.2 Å². The van der Waals surface area contributed by atoms with Gasteiger partial charge in [0.05, 0.1) is 10.5 Å². The van der Waals surface area contributed by atoms with Gasteiger partial charge >= 0.3 is 0 Å². The zero-order valence-electron chi connectivity index (χ0n) is 11.4. The normalized spacial score (nSPS) is 12.7. The first-order chi connectivity index (χ1) is 8.13. The van der Waals surface area contributed by atoms with Crippen LogP contribution in [0, 0.1) is 6.92 Å². The molecule has 0 bridgehead atoms. The summed E-state index contributed by atoms with van der Waals surface area (Å²) in [6.07, 6.45) is 0. The number of nitrogens with two attached hydrogens (primary N) is 1. The van der Waals surface area contributed by atoms with Gasteiger partial charge in [-0.1, -0.05) is 6.07 Å². The summed E-state index contributed by atoms with van der Waals surface area (Å²) in [7, 11) is -3.05. The lowest BCUT2D eigenvalue weighted by Gasteiger charge is -2.18. The van der Waals surface area contributed by atoms with E-state index in [2.05, 4.69) is 0 Å². The van der Waals surface area contributed by atoms with Crippen molar-refractivity contribution in [3.63, 3.8) is 0 Å². The van der Waals surface area contributed by atoms with Crippen molar-refractivity contribution in [1.82, 2.24) is 0 Å². The Hall–Kier alpha value is -0.680. The molecule has 18 heavy (non-hydrogen) atoms. The van der Waals surface area contributed by atoms with Crippen LogP contribution in [0.25, 0.3) is 0 Å². The Morgan fingerprint density at radius 2 is 1.89 bits per heavy atom. The quantitative estimate of drug-likeness (QED) is 0.683. The number of benzene rings is 1. The van der Waals surface area contributed by atoms with E-state index in [9.17, 15) is 8.42 Å². The third kappa shape index (κ3) is 3.92. The van der Waals surface area contributed by atoms with Crippen molar-refractivity contribution in [1.29, 1.82) is 0 Å². The summed E-state index contributed by atoms with van der Waals surface area (Å²) in [6, 6.07) is 5.80. The number of nitrogen functional groups attached to an aromatic ring is 1. The van der Waals surface area contributed by atoms with Crippen LogP contribution in [0.1, 0.15) is 26.3 Å². The predicted octanol–water partition coefficient (Wildman–Crippen LogP) is 2.88. The molecule has 0 saturated carbocycles. The fraction of sp³-hybridized carbons (Fsp3) is 0.538. The average Bonchev–Trinajstić information content (AvgIpc) is 2.21. The van der Waals surface area contributed by atoms with Gasteiger partial charge in [0, 0.05) is 16.3 Å². The standard InChI is InChI=1S/C13H21NO2S2/c1-10-5-6-11(14)12(9-10)17-7-8-18(15,16)13(2,3)4/h5-6,9H,7-8,14H2,1-4H3. The molecule has 0 radical (unpaired) electrons. The molecule has 0 unspecified atom stereocenters. The summed E-state index contributed by atoms with van der Waals surface area (Å²) in [5.74, 6) is 0.710. The summed E-state index contributed by atoms with van der Waals surface area (Å²) in [5.41, 5.74) is 7.69. The van der Waals surface area contributed by atoms with E-state index in [1.165, 1.54) is 11.8 Å². The summed E-state index contributed by atoms with van der Waals surface area (Å²) in [6.45, 7) is 7.19. The minimum absolute atomic E-state index is 0.175. The van der Waals surface area contributed by atoms with Crippen molar-refractivity contribution >= 4 is 27.3 Å². The van der Waals surface area contributed by atoms with E-state index < -0.39 is 14.6 Å². The highest BCUT2D eigenvalue weighted by Crippen LogP contribution is 2.27. The van der Waals surface area contributed by atoms with Crippen molar-refractivity contribution < 1.29 is 8.42 Å². The Bertz CT molecular complexity index is 516. The largest absolute Gasteiger partial charge is 0.398 e. The van der Waals surface area contributed by atoms with Gasteiger partial charge in [0.2, 0.25) is 0 Å². The Labute approximate surface area is 114 Å². The van der Waals surface area contributed by atoms with Crippen molar-refractivity contribution in [2.45, 2.75) is 37.3 Å². The number of hydrogen-bond acceptors (Lipinski definition) is 4. The molecule has 0 atom stereocenters. The van der Waals surface area contributed by atoms with Crippen molar-refractivity contribution in [3.8, 4) is 0 Å². The van der Waals surface area contributed by atoms with Crippen LogP contribution in [0.4, 0.5) is 5.69 Å². The second-order valence-corrected chi connectivity index (χ2v) is 9.32. The summed E-state index contributed by atoms with van der Waals surface area (Å²) >= 11 is 1.50. The molecule has 1 aromatic rings. The average molecular weight is 287 g/mol. The van der Waals surface area contributed by atoms with Crippen LogP contribution in [-0.2, 0) is 9.84 Å². The van der Waals surface area contributed by atoms with Gasteiger partial charge in [0.25, 0.3) is 0 Å². The molecule has 3 nitrogen and oxygen atoms in total. The molecule has 0 aromatic heterocycles. The fourth-order valence-corrected chi connectivity index (χ4v) is 3.88. The van der Waals surface area contributed by atoms with Crippen LogP contribution in [0.5, 0.6) is 0 Å². The molecule has 0 saturated heterocycles. The van der Waals surface area contributed by atoms with E-state index >= 15 is 0 Å². The zero-order chi connectivity index (χ0) is 14.0. The van der Waals surface area contributed by atoms with Crippen LogP contribution in [0.2, 0.25) is 0 Å². The second kappa shape index (κ2) is 5.53. The highest BCUT2D eigenvalue weighted by Gasteiger charge is 2.28. The van der Waals surface area contributed by atoms with E-state index in [1.54, 1.807) is 20.8 Å². The molecule has 2 N–H and O–H groups in total.